The van der Waals surface area contributed by atoms with Crippen molar-refractivity contribution >= 4 is 5.91 Å². The molecule has 0 aliphatic rings. The molecule has 0 bridgehead atoms. The van der Waals surface area contributed by atoms with Crippen molar-refractivity contribution in [2.45, 2.75) is 6.54 Å². The number of aromatic nitrogens is 2. The van der Waals surface area contributed by atoms with Crippen LogP contribution in [-0.4, -0.2) is 41.7 Å². The first-order valence-corrected chi connectivity index (χ1v) is 8.67. The van der Waals surface area contributed by atoms with Crippen LogP contribution < -0.4 is 9.47 Å². The molecule has 0 saturated heterocycles. The summed E-state index contributed by atoms with van der Waals surface area (Å²) in [7, 11) is 3.28. The number of carbonyl (C=O) groups excluding carboxylic acids is 1. The summed E-state index contributed by atoms with van der Waals surface area (Å²) in [5.41, 5.74) is 1.32. The van der Waals surface area contributed by atoms with Gasteiger partial charge in [-0.15, -0.1) is 0 Å². The summed E-state index contributed by atoms with van der Waals surface area (Å²) < 4.78 is 15.9. The molecule has 144 valence electrons. The molecule has 0 radical (unpaired) electrons. The Morgan fingerprint density at radius 1 is 1.21 bits per heavy atom. The predicted molar refractivity (Wildman–Crippen MR) is 104 cm³/mol. The van der Waals surface area contributed by atoms with E-state index in [0.717, 1.165) is 11.3 Å². The van der Waals surface area contributed by atoms with Crippen LogP contribution in [0, 0.1) is 0 Å². The average Bonchev–Trinajstić information content (AvgIpc) is 3.20. The van der Waals surface area contributed by atoms with Crippen molar-refractivity contribution < 1.29 is 18.8 Å². The van der Waals surface area contributed by atoms with Crippen molar-refractivity contribution in [1.82, 2.24) is 15.0 Å². The second kappa shape index (κ2) is 8.85. The molecule has 0 N–H and O–H groups in total. The molecule has 0 saturated carbocycles. The number of methoxy groups -OCH3 is 1. The van der Waals surface area contributed by atoms with Crippen molar-refractivity contribution in [2.75, 3.05) is 20.8 Å². The summed E-state index contributed by atoms with van der Waals surface area (Å²) in [6, 6.07) is 14.3. The third kappa shape index (κ3) is 4.56. The molecule has 7 heteroatoms. The smallest absolute Gasteiger partial charge is 0.254 e. The molecule has 1 amide bonds. The zero-order valence-electron chi connectivity index (χ0n) is 15.8. The third-order valence-corrected chi connectivity index (χ3v) is 3.98. The zero-order valence-corrected chi connectivity index (χ0v) is 15.8. The average molecular weight is 379 g/mol. The van der Waals surface area contributed by atoms with Crippen molar-refractivity contribution in [3.8, 4) is 22.9 Å². The summed E-state index contributed by atoms with van der Waals surface area (Å²) in [5, 5.41) is 3.98. The Morgan fingerprint density at radius 2 is 2.00 bits per heavy atom. The Bertz CT molecular complexity index is 950. The van der Waals surface area contributed by atoms with Crippen molar-refractivity contribution in [3.63, 3.8) is 0 Å². The van der Waals surface area contributed by atoms with E-state index in [1.165, 1.54) is 4.90 Å². The van der Waals surface area contributed by atoms with Crippen LogP contribution in [0.4, 0.5) is 0 Å². The van der Waals surface area contributed by atoms with Gasteiger partial charge in [0.1, 0.15) is 18.1 Å². The SMILES string of the molecule is C=CCOc1cccc(C(=O)N(C)Cc2nc(-c3ccc(OC)cc3)no2)c1. The number of amides is 1. The minimum atomic E-state index is -0.173. The van der Waals surface area contributed by atoms with Crippen LogP contribution >= 0.6 is 0 Å². The molecule has 3 aromatic rings. The number of nitrogens with zero attached hydrogens (tertiary/aromatic N) is 3. The Kier molecular flexibility index (Phi) is 6.06. The van der Waals surface area contributed by atoms with Crippen LogP contribution in [0.1, 0.15) is 16.2 Å². The second-order valence-corrected chi connectivity index (χ2v) is 6.03. The molecular weight excluding hydrogens is 358 g/mol. The van der Waals surface area contributed by atoms with E-state index >= 15 is 0 Å². The van der Waals surface area contributed by atoms with Gasteiger partial charge in [0.15, 0.2) is 0 Å². The van der Waals surface area contributed by atoms with E-state index in [-0.39, 0.29) is 12.5 Å². The number of carbonyl (C=O) groups is 1. The monoisotopic (exact) mass is 379 g/mol. The lowest BCUT2D eigenvalue weighted by molar-refractivity contribution is 0.0769. The van der Waals surface area contributed by atoms with Crippen molar-refractivity contribution in [1.29, 1.82) is 0 Å². The van der Waals surface area contributed by atoms with Gasteiger partial charge in [0.2, 0.25) is 11.7 Å². The molecule has 0 unspecified atom stereocenters. The highest BCUT2D eigenvalue weighted by atomic mass is 16.5. The van der Waals surface area contributed by atoms with Gasteiger partial charge in [-0.25, -0.2) is 0 Å². The van der Waals surface area contributed by atoms with Gasteiger partial charge >= 0.3 is 0 Å². The van der Waals surface area contributed by atoms with E-state index in [9.17, 15) is 4.79 Å². The lowest BCUT2D eigenvalue weighted by Gasteiger charge is -2.15. The maximum Gasteiger partial charge on any atom is 0.254 e. The van der Waals surface area contributed by atoms with Crippen LogP contribution in [-0.2, 0) is 6.54 Å². The van der Waals surface area contributed by atoms with E-state index in [4.69, 9.17) is 14.0 Å². The van der Waals surface area contributed by atoms with E-state index in [1.807, 2.05) is 24.3 Å². The quantitative estimate of drug-likeness (QED) is 0.557. The Balaban J connectivity index is 1.67. The summed E-state index contributed by atoms with van der Waals surface area (Å²) >= 11 is 0. The van der Waals surface area contributed by atoms with Crippen molar-refractivity contribution in [3.05, 3.63) is 72.6 Å². The predicted octanol–water partition coefficient (Wildman–Crippen LogP) is 3.58. The van der Waals surface area contributed by atoms with Gasteiger partial charge in [0.05, 0.1) is 13.7 Å². The fraction of sp³-hybridized carbons (Fsp3) is 0.190. The highest BCUT2D eigenvalue weighted by molar-refractivity contribution is 5.94. The maximum absolute atomic E-state index is 12.7. The molecule has 0 aliphatic heterocycles. The fourth-order valence-corrected chi connectivity index (χ4v) is 2.55. The molecule has 28 heavy (non-hydrogen) atoms. The first kappa shape index (κ1) is 19.2. The van der Waals surface area contributed by atoms with E-state index < -0.39 is 0 Å². The number of benzene rings is 2. The Labute approximate surface area is 163 Å². The minimum absolute atomic E-state index is 0.173. The Morgan fingerprint density at radius 3 is 2.71 bits per heavy atom. The largest absolute Gasteiger partial charge is 0.497 e. The number of rotatable bonds is 8. The summed E-state index contributed by atoms with van der Waals surface area (Å²) in [6.07, 6.45) is 1.65. The molecule has 0 spiro atoms. The molecule has 0 aliphatic carbocycles. The molecule has 1 heterocycles. The second-order valence-electron chi connectivity index (χ2n) is 6.03. The van der Waals surface area contributed by atoms with Crippen LogP contribution in [0.2, 0.25) is 0 Å². The lowest BCUT2D eigenvalue weighted by Crippen LogP contribution is -2.26. The van der Waals surface area contributed by atoms with Crippen molar-refractivity contribution in [2.24, 2.45) is 0 Å². The van der Waals surface area contributed by atoms with Gasteiger partial charge in [0.25, 0.3) is 5.91 Å². The molecule has 1 aromatic heterocycles. The number of ether oxygens (including phenoxy) is 2. The van der Waals surface area contributed by atoms with Crippen LogP contribution in [0.5, 0.6) is 11.5 Å². The summed E-state index contributed by atoms with van der Waals surface area (Å²) in [5.74, 6) is 1.99. The molecular formula is C21H21N3O4. The topological polar surface area (TPSA) is 77.7 Å². The first-order chi connectivity index (χ1) is 13.6. The fourth-order valence-electron chi connectivity index (χ4n) is 2.55. The molecule has 3 rings (SSSR count). The highest BCUT2D eigenvalue weighted by Gasteiger charge is 2.17. The van der Waals surface area contributed by atoms with Gasteiger partial charge < -0.3 is 18.9 Å². The zero-order chi connectivity index (χ0) is 19.9. The minimum Gasteiger partial charge on any atom is -0.497 e. The summed E-state index contributed by atoms with van der Waals surface area (Å²) in [4.78, 5) is 18.5. The number of hydrogen-bond acceptors (Lipinski definition) is 6. The maximum atomic E-state index is 12.7. The van der Waals surface area contributed by atoms with Crippen LogP contribution in [0.3, 0.4) is 0 Å². The third-order valence-electron chi connectivity index (χ3n) is 3.98. The van der Waals surface area contributed by atoms with E-state index in [0.29, 0.717) is 29.6 Å². The molecule has 0 fully saturated rings. The molecule has 0 atom stereocenters. The highest BCUT2D eigenvalue weighted by Crippen LogP contribution is 2.20. The van der Waals surface area contributed by atoms with E-state index in [1.54, 1.807) is 44.5 Å². The van der Waals surface area contributed by atoms with Gasteiger partial charge in [-0.2, -0.15) is 4.98 Å². The molecule has 2 aromatic carbocycles. The van der Waals surface area contributed by atoms with Gasteiger partial charge in [-0.1, -0.05) is 23.9 Å². The van der Waals surface area contributed by atoms with E-state index in [2.05, 4.69) is 16.7 Å². The number of hydrogen-bond donors (Lipinski definition) is 0. The van der Waals surface area contributed by atoms with Gasteiger partial charge in [-0.3, -0.25) is 4.79 Å². The summed E-state index contributed by atoms with van der Waals surface area (Å²) in [6.45, 7) is 4.18. The van der Waals surface area contributed by atoms with Gasteiger partial charge in [-0.05, 0) is 42.5 Å². The normalized spacial score (nSPS) is 10.4. The lowest BCUT2D eigenvalue weighted by atomic mass is 10.2. The molecule has 7 nitrogen and oxygen atoms in total. The van der Waals surface area contributed by atoms with Crippen LogP contribution in [0.15, 0.2) is 65.7 Å². The Hall–Kier alpha value is -3.61. The standard InChI is InChI=1S/C21H21N3O4/c1-4-12-27-18-7-5-6-16(13-18)21(25)24(2)14-19-22-20(23-28-19)15-8-10-17(26-3)11-9-15/h4-11,13H,1,12,14H2,2-3H3. The first-order valence-electron chi connectivity index (χ1n) is 8.67. The van der Waals surface area contributed by atoms with Crippen LogP contribution in [0.25, 0.3) is 11.4 Å². The van der Waals surface area contributed by atoms with Gasteiger partial charge in [0, 0.05) is 18.2 Å².